The molecule has 94 valence electrons. The Balaban J connectivity index is 2.86. The molecule has 0 aliphatic heterocycles. The maximum atomic E-state index is 11.7. The molecule has 0 atom stereocenters. The van der Waals surface area contributed by atoms with Crippen LogP contribution in [-0.2, 0) is 10.0 Å². The Kier molecular flexibility index (Phi) is 3.95. The first-order valence-corrected chi connectivity index (χ1v) is 6.48. The van der Waals surface area contributed by atoms with Crippen LogP contribution in [0.15, 0.2) is 29.2 Å². The van der Waals surface area contributed by atoms with Crippen molar-refractivity contribution in [1.29, 1.82) is 0 Å². The zero-order valence-electron chi connectivity index (χ0n) is 9.60. The van der Waals surface area contributed by atoms with Gasteiger partial charge in [0.1, 0.15) is 0 Å². The maximum Gasteiger partial charge on any atom is 0.328 e. The average Bonchev–Trinajstić information content (AvgIpc) is 2.15. The summed E-state index contributed by atoms with van der Waals surface area (Å²) in [7, 11) is -3.87. The molecule has 0 saturated heterocycles. The molecule has 0 spiro atoms. The number of hydrogen-bond acceptors (Lipinski definition) is 4. The minimum absolute atomic E-state index is 0.0450. The van der Waals surface area contributed by atoms with Crippen LogP contribution in [0.3, 0.4) is 0 Å². The van der Waals surface area contributed by atoms with Crippen molar-refractivity contribution < 1.29 is 13.2 Å². The fraction of sp³-hybridized carbons (Fsp3) is 0.300. The number of amides is 2. The van der Waals surface area contributed by atoms with Gasteiger partial charge in [-0.25, -0.2) is 17.9 Å². The highest BCUT2D eigenvalue weighted by Gasteiger charge is 2.17. The molecule has 1 aromatic rings. The fourth-order valence-corrected chi connectivity index (χ4v) is 2.12. The van der Waals surface area contributed by atoms with Crippen molar-refractivity contribution in [2.45, 2.75) is 24.8 Å². The fourth-order valence-electron chi connectivity index (χ4n) is 1.15. The SMILES string of the molecule is CC(C)NC(=O)NS(=O)(=O)c1cccc(N)c1. The summed E-state index contributed by atoms with van der Waals surface area (Å²) in [5.41, 5.74) is 5.79. The van der Waals surface area contributed by atoms with E-state index in [0.717, 1.165) is 0 Å². The molecule has 2 amide bonds. The van der Waals surface area contributed by atoms with Gasteiger partial charge in [0.2, 0.25) is 0 Å². The number of sulfonamides is 1. The van der Waals surface area contributed by atoms with Crippen molar-refractivity contribution in [3.63, 3.8) is 0 Å². The van der Waals surface area contributed by atoms with Crippen LogP contribution < -0.4 is 15.8 Å². The van der Waals surface area contributed by atoms with E-state index in [2.05, 4.69) is 5.32 Å². The molecule has 6 nitrogen and oxygen atoms in total. The van der Waals surface area contributed by atoms with Gasteiger partial charge < -0.3 is 11.1 Å². The lowest BCUT2D eigenvalue weighted by Crippen LogP contribution is -2.42. The second-order valence-electron chi connectivity index (χ2n) is 3.81. The molecule has 0 aliphatic rings. The van der Waals surface area contributed by atoms with Crippen LogP contribution in [0.1, 0.15) is 13.8 Å². The van der Waals surface area contributed by atoms with Crippen LogP contribution >= 0.6 is 0 Å². The van der Waals surface area contributed by atoms with Gasteiger partial charge in [0, 0.05) is 11.7 Å². The minimum Gasteiger partial charge on any atom is -0.399 e. The van der Waals surface area contributed by atoms with Crippen molar-refractivity contribution in [3.8, 4) is 0 Å². The highest BCUT2D eigenvalue weighted by atomic mass is 32.2. The van der Waals surface area contributed by atoms with Gasteiger partial charge in [-0.05, 0) is 32.0 Å². The van der Waals surface area contributed by atoms with Crippen LogP contribution in [0.25, 0.3) is 0 Å². The van der Waals surface area contributed by atoms with Crippen molar-refractivity contribution >= 4 is 21.7 Å². The Hall–Kier alpha value is -1.76. The van der Waals surface area contributed by atoms with Crippen LogP contribution in [0.4, 0.5) is 10.5 Å². The first-order valence-electron chi connectivity index (χ1n) is 5.00. The molecule has 1 aromatic carbocycles. The zero-order valence-corrected chi connectivity index (χ0v) is 10.4. The summed E-state index contributed by atoms with van der Waals surface area (Å²) in [5.74, 6) is 0. The van der Waals surface area contributed by atoms with Gasteiger partial charge in [0.05, 0.1) is 4.90 Å². The highest BCUT2D eigenvalue weighted by molar-refractivity contribution is 7.90. The molecule has 7 heteroatoms. The number of carbonyl (C=O) groups excluding carboxylic acids is 1. The number of nitrogens with one attached hydrogen (secondary N) is 2. The molecule has 0 bridgehead atoms. The maximum absolute atomic E-state index is 11.7. The van der Waals surface area contributed by atoms with E-state index in [9.17, 15) is 13.2 Å². The summed E-state index contributed by atoms with van der Waals surface area (Å²) in [5, 5.41) is 2.42. The Bertz CT molecular complexity index is 511. The summed E-state index contributed by atoms with van der Waals surface area (Å²) < 4.78 is 25.4. The Morgan fingerprint density at radius 1 is 1.35 bits per heavy atom. The predicted molar refractivity (Wildman–Crippen MR) is 64.8 cm³/mol. The molecule has 0 radical (unpaired) electrons. The van der Waals surface area contributed by atoms with E-state index in [1.807, 2.05) is 4.72 Å². The normalized spacial score (nSPS) is 11.2. The third-order valence-electron chi connectivity index (χ3n) is 1.82. The lowest BCUT2D eigenvalue weighted by molar-refractivity contribution is 0.243. The number of hydrogen-bond donors (Lipinski definition) is 3. The van der Waals surface area contributed by atoms with Crippen molar-refractivity contribution in [1.82, 2.24) is 10.0 Å². The highest BCUT2D eigenvalue weighted by Crippen LogP contribution is 2.12. The van der Waals surface area contributed by atoms with E-state index < -0.39 is 16.1 Å². The zero-order chi connectivity index (χ0) is 13.1. The second kappa shape index (κ2) is 5.05. The Morgan fingerprint density at radius 2 is 2.00 bits per heavy atom. The van der Waals surface area contributed by atoms with E-state index in [4.69, 9.17) is 5.73 Å². The average molecular weight is 257 g/mol. The first-order chi connectivity index (χ1) is 7.81. The van der Waals surface area contributed by atoms with Crippen molar-refractivity contribution in [2.75, 3.05) is 5.73 Å². The summed E-state index contributed by atoms with van der Waals surface area (Å²) in [6.45, 7) is 3.46. The van der Waals surface area contributed by atoms with Gasteiger partial charge in [0.15, 0.2) is 0 Å². The molecular weight excluding hydrogens is 242 g/mol. The van der Waals surface area contributed by atoms with Gasteiger partial charge in [0.25, 0.3) is 10.0 Å². The van der Waals surface area contributed by atoms with Crippen LogP contribution in [0.5, 0.6) is 0 Å². The largest absolute Gasteiger partial charge is 0.399 e. The summed E-state index contributed by atoms with van der Waals surface area (Å²) in [4.78, 5) is 11.2. The molecule has 0 aliphatic carbocycles. The molecule has 17 heavy (non-hydrogen) atoms. The summed E-state index contributed by atoms with van der Waals surface area (Å²) >= 11 is 0. The number of nitrogen functional groups attached to an aromatic ring is 1. The van der Waals surface area contributed by atoms with Crippen LogP contribution in [0, 0.1) is 0 Å². The Morgan fingerprint density at radius 3 is 2.53 bits per heavy atom. The standard InChI is InChI=1S/C10H15N3O3S/c1-7(2)12-10(14)13-17(15,16)9-5-3-4-8(11)6-9/h3-7H,11H2,1-2H3,(H2,12,13,14). The molecule has 0 aromatic heterocycles. The summed E-state index contributed by atoms with van der Waals surface area (Å²) in [6.07, 6.45) is 0. The van der Waals surface area contributed by atoms with Crippen LogP contribution in [-0.4, -0.2) is 20.5 Å². The third kappa shape index (κ3) is 3.95. The summed E-state index contributed by atoms with van der Waals surface area (Å²) in [6, 6.07) is 4.80. The second-order valence-corrected chi connectivity index (χ2v) is 5.49. The first kappa shape index (κ1) is 13.3. The van der Waals surface area contributed by atoms with Gasteiger partial charge in [-0.15, -0.1) is 0 Å². The molecule has 0 heterocycles. The van der Waals surface area contributed by atoms with Gasteiger partial charge >= 0.3 is 6.03 Å². The number of carbonyl (C=O) groups is 1. The number of nitrogens with two attached hydrogens (primary N) is 1. The number of urea groups is 1. The van der Waals surface area contributed by atoms with E-state index in [1.165, 1.54) is 18.2 Å². The van der Waals surface area contributed by atoms with Gasteiger partial charge in [-0.3, -0.25) is 0 Å². The number of anilines is 1. The lowest BCUT2D eigenvalue weighted by atomic mass is 10.3. The molecule has 0 fully saturated rings. The molecule has 0 unspecified atom stereocenters. The minimum atomic E-state index is -3.87. The van der Waals surface area contributed by atoms with Crippen molar-refractivity contribution in [3.05, 3.63) is 24.3 Å². The quantitative estimate of drug-likeness (QED) is 0.692. The van der Waals surface area contributed by atoms with Crippen molar-refractivity contribution in [2.24, 2.45) is 0 Å². The predicted octanol–water partition coefficient (Wildman–Crippen LogP) is 0.665. The topological polar surface area (TPSA) is 101 Å². The van der Waals surface area contributed by atoms with Crippen LogP contribution in [0.2, 0.25) is 0 Å². The van der Waals surface area contributed by atoms with Gasteiger partial charge in [-0.1, -0.05) is 6.07 Å². The Labute approximate surface area is 100 Å². The third-order valence-corrected chi connectivity index (χ3v) is 3.14. The molecular formula is C10H15N3O3S. The molecule has 0 saturated carbocycles. The van der Waals surface area contributed by atoms with E-state index in [0.29, 0.717) is 5.69 Å². The molecule has 1 rings (SSSR count). The smallest absolute Gasteiger partial charge is 0.328 e. The van der Waals surface area contributed by atoms with E-state index in [-0.39, 0.29) is 10.9 Å². The van der Waals surface area contributed by atoms with E-state index >= 15 is 0 Å². The number of rotatable bonds is 3. The number of benzene rings is 1. The van der Waals surface area contributed by atoms with Gasteiger partial charge in [-0.2, -0.15) is 0 Å². The lowest BCUT2D eigenvalue weighted by Gasteiger charge is -2.10. The van der Waals surface area contributed by atoms with E-state index in [1.54, 1.807) is 19.9 Å². The monoisotopic (exact) mass is 257 g/mol. The molecule has 4 N–H and O–H groups in total.